The summed E-state index contributed by atoms with van der Waals surface area (Å²) in [5, 5.41) is 12.2. The monoisotopic (exact) mass is 449 g/mol. The van der Waals surface area contributed by atoms with E-state index in [0.29, 0.717) is 23.6 Å². The fraction of sp³-hybridized carbons (Fsp3) is 0.273. The zero-order valence-corrected chi connectivity index (χ0v) is 17.8. The lowest BCUT2D eigenvalue weighted by molar-refractivity contribution is -0.115. The van der Waals surface area contributed by atoms with Crippen molar-refractivity contribution in [3.63, 3.8) is 0 Å². The van der Waals surface area contributed by atoms with Gasteiger partial charge in [-0.3, -0.25) is 15.0 Å². The van der Waals surface area contributed by atoms with Gasteiger partial charge in [-0.25, -0.2) is 14.3 Å². The molecule has 0 radical (unpaired) electrons. The van der Waals surface area contributed by atoms with Crippen molar-refractivity contribution in [2.45, 2.75) is 0 Å². The average Bonchev–Trinajstić information content (AvgIpc) is 3.36. The quantitative estimate of drug-likeness (QED) is 0.365. The molecular weight excluding hydrogens is 426 g/mol. The molecule has 0 aliphatic carbocycles. The van der Waals surface area contributed by atoms with E-state index in [1.165, 1.54) is 0 Å². The number of carbonyl (C=O) groups is 2. The van der Waals surface area contributed by atoms with E-state index in [9.17, 15) is 9.59 Å². The van der Waals surface area contributed by atoms with Crippen molar-refractivity contribution in [2.75, 3.05) is 44.8 Å². The lowest BCUT2D eigenvalue weighted by Gasteiger charge is -2.26. The molecule has 2 fully saturated rings. The molecular formula is C22H23N7O4. The van der Waals surface area contributed by atoms with Crippen molar-refractivity contribution in [1.29, 1.82) is 0 Å². The number of benzene rings is 1. The molecule has 0 bridgehead atoms. The number of hydrogen-bond acceptors (Lipinski definition) is 8. The molecule has 2 saturated heterocycles. The first-order valence-corrected chi connectivity index (χ1v) is 10.6. The third-order valence-corrected chi connectivity index (χ3v) is 5.30. The van der Waals surface area contributed by atoms with Crippen molar-refractivity contribution in [2.24, 2.45) is 0 Å². The van der Waals surface area contributed by atoms with Gasteiger partial charge in [0.15, 0.2) is 5.65 Å². The fourth-order valence-electron chi connectivity index (χ4n) is 3.62. The van der Waals surface area contributed by atoms with Gasteiger partial charge in [0, 0.05) is 43.1 Å². The van der Waals surface area contributed by atoms with Crippen LogP contribution in [-0.2, 0) is 9.53 Å². The maximum absolute atomic E-state index is 11.8. The molecule has 3 N–H and O–H groups in total. The number of anilines is 2. The van der Waals surface area contributed by atoms with Crippen LogP contribution in [0.2, 0.25) is 0 Å². The molecule has 4 heterocycles. The highest BCUT2D eigenvalue weighted by atomic mass is 16.5. The van der Waals surface area contributed by atoms with E-state index >= 15 is 0 Å². The highest BCUT2D eigenvalue weighted by Gasteiger charge is 2.23. The predicted octanol–water partition coefficient (Wildman–Crippen LogP) is 1.36. The van der Waals surface area contributed by atoms with Gasteiger partial charge in [0.2, 0.25) is 0 Å². The second kappa shape index (κ2) is 9.27. The molecule has 3 aromatic rings. The Labute approximate surface area is 189 Å². The van der Waals surface area contributed by atoms with Gasteiger partial charge in [-0.15, -0.1) is 0 Å². The van der Waals surface area contributed by atoms with Gasteiger partial charge < -0.3 is 20.1 Å². The smallest absolute Gasteiger partial charge is 0.326 e. The number of fused-ring (bicyclic) bond motifs is 1. The van der Waals surface area contributed by atoms with Crippen LogP contribution in [0.1, 0.15) is 5.56 Å². The van der Waals surface area contributed by atoms with E-state index in [0.717, 1.165) is 44.3 Å². The minimum absolute atomic E-state index is 0.150. The van der Waals surface area contributed by atoms with Gasteiger partial charge >= 0.3 is 6.03 Å². The second-order valence-corrected chi connectivity index (χ2v) is 7.60. The Kier molecular flexibility index (Phi) is 5.87. The molecule has 3 amide bonds. The van der Waals surface area contributed by atoms with Gasteiger partial charge in [-0.05, 0) is 24.3 Å². The number of aromatic nitrogens is 3. The Bertz CT molecular complexity index is 1220. The molecule has 11 heteroatoms. The van der Waals surface area contributed by atoms with Crippen molar-refractivity contribution in [3.05, 3.63) is 54.0 Å². The Morgan fingerprint density at radius 3 is 2.88 bits per heavy atom. The molecule has 0 atom stereocenters. The van der Waals surface area contributed by atoms with E-state index in [1.54, 1.807) is 29.1 Å². The van der Waals surface area contributed by atoms with Gasteiger partial charge in [0.25, 0.3) is 5.91 Å². The first kappa shape index (κ1) is 20.9. The zero-order valence-electron chi connectivity index (χ0n) is 17.8. The van der Waals surface area contributed by atoms with Crippen LogP contribution >= 0.6 is 0 Å². The first-order valence-electron chi connectivity index (χ1n) is 10.6. The van der Waals surface area contributed by atoms with E-state index in [-0.39, 0.29) is 5.70 Å². The van der Waals surface area contributed by atoms with Gasteiger partial charge in [0.05, 0.1) is 19.4 Å². The Balaban J connectivity index is 1.27. The third kappa shape index (κ3) is 4.94. The Morgan fingerprint density at radius 2 is 2.06 bits per heavy atom. The Morgan fingerprint density at radius 1 is 1.18 bits per heavy atom. The standard InChI is InChI=1S/C22H23N7O4/c30-21-18(25-22(31)27-21)12-15-14-23-29-5-4-19(26-20(15)29)24-16-2-1-3-17(13-16)33-11-8-28-6-9-32-10-7-28/h1-5,12-14H,6-11H2,(H,24,26)(H2,25,27,30,31)/b18-12+. The molecule has 170 valence electrons. The summed E-state index contributed by atoms with van der Waals surface area (Å²) in [4.78, 5) is 30.1. The lowest BCUT2D eigenvalue weighted by Crippen LogP contribution is -2.38. The van der Waals surface area contributed by atoms with Gasteiger partial charge in [-0.2, -0.15) is 5.10 Å². The molecule has 2 aliphatic heterocycles. The minimum Gasteiger partial charge on any atom is -0.492 e. The van der Waals surface area contributed by atoms with Crippen LogP contribution in [0.4, 0.5) is 16.3 Å². The molecule has 0 unspecified atom stereocenters. The van der Waals surface area contributed by atoms with Crippen molar-refractivity contribution >= 4 is 35.2 Å². The summed E-state index contributed by atoms with van der Waals surface area (Å²) in [6, 6.07) is 8.93. The summed E-state index contributed by atoms with van der Waals surface area (Å²) in [6.45, 7) is 4.87. The van der Waals surface area contributed by atoms with Crippen LogP contribution in [0.15, 0.2) is 48.4 Å². The van der Waals surface area contributed by atoms with E-state index in [4.69, 9.17) is 9.47 Å². The minimum atomic E-state index is -0.551. The SMILES string of the molecule is O=C1NC(=O)/C(=C\c2cnn3ccc(Nc4cccc(OCCN5CCOCC5)c4)nc23)N1. The summed E-state index contributed by atoms with van der Waals surface area (Å²) in [5.41, 5.74) is 2.13. The predicted molar refractivity (Wildman–Crippen MR) is 120 cm³/mol. The third-order valence-electron chi connectivity index (χ3n) is 5.30. The number of urea groups is 1. The molecule has 11 nitrogen and oxygen atoms in total. The maximum Gasteiger partial charge on any atom is 0.326 e. The fourth-order valence-corrected chi connectivity index (χ4v) is 3.62. The van der Waals surface area contributed by atoms with Crippen LogP contribution in [-0.4, -0.2) is 70.9 Å². The molecule has 33 heavy (non-hydrogen) atoms. The largest absolute Gasteiger partial charge is 0.492 e. The van der Waals surface area contributed by atoms with E-state index < -0.39 is 11.9 Å². The molecule has 2 aromatic heterocycles. The van der Waals surface area contributed by atoms with Gasteiger partial charge in [-0.1, -0.05) is 6.07 Å². The normalized spacial score (nSPS) is 17.9. The summed E-state index contributed by atoms with van der Waals surface area (Å²) in [5.74, 6) is 0.888. The second-order valence-electron chi connectivity index (χ2n) is 7.60. The molecule has 0 saturated carbocycles. The highest BCUT2D eigenvalue weighted by molar-refractivity contribution is 6.14. The number of rotatable bonds is 7. The highest BCUT2D eigenvalue weighted by Crippen LogP contribution is 2.22. The van der Waals surface area contributed by atoms with Crippen molar-refractivity contribution in [1.82, 2.24) is 30.1 Å². The number of ether oxygens (including phenoxy) is 2. The number of nitrogens with zero attached hydrogens (tertiary/aromatic N) is 4. The average molecular weight is 449 g/mol. The van der Waals surface area contributed by atoms with Crippen LogP contribution < -0.4 is 20.7 Å². The lowest BCUT2D eigenvalue weighted by atomic mass is 10.2. The Hall–Kier alpha value is -3.96. The summed E-state index contributed by atoms with van der Waals surface area (Å²) in [6.07, 6.45) is 4.89. The molecule has 0 spiro atoms. The molecule has 1 aromatic carbocycles. The maximum atomic E-state index is 11.8. The van der Waals surface area contributed by atoms with Crippen LogP contribution in [0.25, 0.3) is 11.7 Å². The number of hydrogen-bond donors (Lipinski definition) is 3. The topological polar surface area (TPSA) is 122 Å². The molecule has 2 aliphatic rings. The number of carbonyl (C=O) groups excluding carboxylic acids is 2. The van der Waals surface area contributed by atoms with E-state index in [2.05, 4.69) is 30.9 Å². The van der Waals surface area contributed by atoms with Gasteiger partial charge in [0.1, 0.15) is 23.9 Å². The van der Waals surface area contributed by atoms with Crippen molar-refractivity contribution in [3.8, 4) is 5.75 Å². The van der Waals surface area contributed by atoms with E-state index in [1.807, 2.05) is 24.3 Å². The van der Waals surface area contributed by atoms with Crippen LogP contribution in [0.3, 0.4) is 0 Å². The first-order chi connectivity index (χ1) is 16.1. The number of amides is 3. The van der Waals surface area contributed by atoms with Crippen molar-refractivity contribution < 1.29 is 19.1 Å². The van der Waals surface area contributed by atoms with Crippen LogP contribution in [0, 0.1) is 0 Å². The number of nitrogens with one attached hydrogen (secondary N) is 3. The number of morpholine rings is 1. The summed E-state index contributed by atoms with van der Waals surface area (Å²) >= 11 is 0. The number of imide groups is 1. The molecule has 5 rings (SSSR count). The van der Waals surface area contributed by atoms with Crippen LogP contribution in [0.5, 0.6) is 5.75 Å². The summed E-state index contributed by atoms with van der Waals surface area (Å²) < 4.78 is 12.9. The summed E-state index contributed by atoms with van der Waals surface area (Å²) in [7, 11) is 0. The zero-order chi connectivity index (χ0) is 22.6.